The number of amides is 1. The van der Waals surface area contributed by atoms with Gasteiger partial charge in [0.15, 0.2) is 16.6 Å². The number of rotatable bonds is 8. The number of likely N-dealkylation sites (N-methyl/N-ethyl adjacent to an activating group) is 1. The number of aromatic nitrogens is 1. The molecule has 0 unspecified atom stereocenters. The Morgan fingerprint density at radius 2 is 1.94 bits per heavy atom. The number of anilines is 1. The van der Waals surface area contributed by atoms with E-state index in [-0.39, 0.29) is 30.9 Å². The third kappa shape index (κ3) is 5.20. The molecule has 0 N–H and O–H groups in total. The number of nitrogens with zero attached hydrogens (tertiary/aromatic N) is 3. The first kappa shape index (κ1) is 24.0. The molecule has 0 radical (unpaired) electrons. The molecular weight excluding hydrogens is 453 g/mol. The summed E-state index contributed by atoms with van der Waals surface area (Å²) in [6.07, 6.45) is 3.25. The number of hydrogen-bond donors (Lipinski definition) is 0. The van der Waals surface area contributed by atoms with Crippen molar-refractivity contribution in [1.82, 2.24) is 9.88 Å². The van der Waals surface area contributed by atoms with Crippen molar-refractivity contribution in [2.45, 2.75) is 13.8 Å². The second kappa shape index (κ2) is 10.8. The zero-order valence-electron chi connectivity index (χ0n) is 17.9. The highest BCUT2D eigenvalue weighted by Crippen LogP contribution is 2.33. The summed E-state index contributed by atoms with van der Waals surface area (Å²) >= 11 is 1.32. The maximum atomic E-state index is 14.2. The molecule has 2 heterocycles. The van der Waals surface area contributed by atoms with E-state index < -0.39 is 0 Å². The predicted molar refractivity (Wildman–Crippen MR) is 129 cm³/mol. The maximum absolute atomic E-state index is 14.2. The van der Waals surface area contributed by atoms with Gasteiger partial charge in [-0.05, 0) is 49.0 Å². The van der Waals surface area contributed by atoms with Crippen LogP contribution in [0.25, 0.3) is 16.3 Å². The van der Waals surface area contributed by atoms with E-state index >= 15 is 0 Å². The van der Waals surface area contributed by atoms with Crippen LogP contribution in [0.4, 0.5) is 9.52 Å². The Labute approximate surface area is 196 Å². The summed E-state index contributed by atoms with van der Waals surface area (Å²) in [5.74, 6) is 0.770. The van der Waals surface area contributed by atoms with Crippen molar-refractivity contribution >= 4 is 51.1 Å². The molecule has 1 aliphatic rings. The summed E-state index contributed by atoms with van der Waals surface area (Å²) in [5.41, 5.74) is 1.12. The van der Waals surface area contributed by atoms with Gasteiger partial charge in [0.2, 0.25) is 6.79 Å². The van der Waals surface area contributed by atoms with Crippen molar-refractivity contribution in [2.24, 2.45) is 0 Å². The zero-order chi connectivity index (χ0) is 21.8. The van der Waals surface area contributed by atoms with Crippen LogP contribution in [0.2, 0.25) is 0 Å². The third-order valence-corrected chi connectivity index (χ3v) is 6.25. The topological polar surface area (TPSA) is 54.9 Å². The Hall–Kier alpha value is -2.68. The van der Waals surface area contributed by atoms with Gasteiger partial charge in [-0.3, -0.25) is 9.69 Å². The summed E-state index contributed by atoms with van der Waals surface area (Å²) in [6.45, 7) is 7.32. The molecule has 9 heteroatoms. The van der Waals surface area contributed by atoms with Gasteiger partial charge in [-0.25, -0.2) is 9.37 Å². The number of benzene rings is 2. The minimum absolute atomic E-state index is 0. The maximum Gasteiger partial charge on any atom is 0.252 e. The molecule has 0 saturated carbocycles. The normalized spacial score (nSPS) is 12.5. The van der Waals surface area contributed by atoms with Crippen molar-refractivity contribution in [3.05, 3.63) is 53.9 Å². The number of thiazole rings is 1. The standard InChI is InChI=1S/C23H24FN3O3S.ClH/c1-3-26(4-2)12-13-27(23-25-22-17(24)6-5-7-20(22)31-23)21(28)11-9-16-8-10-18-19(14-16)30-15-29-18;/h5-11,14H,3-4,12-13,15H2,1-2H3;1H. The molecule has 0 aliphatic carbocycles. The van der Waals surface area contributed by atoms with E-state index in [4.69, 9.17) is 9.47 Å². The lowest BCUT2D eigenvalue weighted by atomic mass is 10.2. The molecule has 0 fully saturated rings. The minimum Gasteiger partial charge on any atom is -0.454 e. The highest BCUT2D eigenvalue weighted by molar-refractivity contribution is 7.22. The van der Waals surface area contributed by atoms with E-state index in [2.05, 4.69) is 23.7 Å². The van der Waals surface area contributed by atoms with Gasteiger partial charge < -0.3 is 14.4 Å². The van der Waals surface area contributed by atoms with Crippen LogP contribution in [-0.4, -0.2) is 48.8 Å². The van der Waals surface area contributed by atoms with Crippen molar-refractivity contribution < 1.29 is 18.7 Å². The Morgan fingerprint density at radius 3 is 2.69 bits per heavy atom. The lowest BCUT2D eigenvalue weighted by molar-refractivity contribution is -0.114. The van der Waals surface area contributed by atoms with Gasteiger partial charge in [0.1, 0.15) is 11.3 Å². The molecule has 170 valence electrons. The van der Waals surface area contributed by atoms with E-state index in [1.54, 1.807) is 17.0 Å². The zero-order valence-corrected chi connectivity index (χ0v) is 19.5. The number of ether oxygens (including phenoxy) is 2. The van der Waals surface area contributed by atoms with Crippen LogP contribution in [0.3, 0.4) is 0 Å². The molecule has 0 bridgehead atoms. The molecule has 1 amide bonds. The van der Waals surface area contributed by atoms with Crippen LogP contribution in [0.5, 0.6) is 11.5 Å². The molecule has 2 aromatic carbocycles. The summed E-state index contributed by atoms with van der Waals surface area (Å²) in [7, 11) is 0. The molecule has 1 aliphatic heterocycles. The average Bonchev–Trinajstić information content (AvgIpc) is 3.42. The predicted octanol–water partition coefficient (Wildman–Crippen LogP) is 4.97. The second-order valence-corrected chi connectivity index (χ2v) is 8.05. The van der Waals surface area contributed by atoms with Gasteiger partial charge in [0, 0.05) is 19.2 Å². The number of halogens is 2. The molecule has 4 rings (SSSR count). The quantitative estimate of drug-likeness (QED) is 0.428. The Balaban J connectivity index is 0.00000289. The lowest BCUT2D eigenvalue weighted by Crippen LogP contribution is -2.38. The number of para-hydroxylation sites is 1. The van der Waals surface area contributed by atoms with Crippen LogP contribution >= 0.6 is 23.7 Å². The van der Waals surface area contributed by atoms with Crippen molar-refractivity contribution in [1.29, 1.82) is 0 Å². The summed E-state index contributed by atoms with van der Waals surface area (Å²) in [6, 6.07) is 10.4. The van der Waals surface area contributed by atoms with E-state index in [0.29, 0.717) is 35.2 Å². The Bertz CT molecular complexity index is 1120. The second-order valence-electron chi connectivity index (χ2n) is 7.05. The summed E-state index contributed by atoms with van der Waals surface area (Å²) in [4.78, 5) is 21.4. The number of hydrogen-bond acceptors (Lipinski definition) is 6. The van der Waals surface area contributed by atoms with Crippen LogP contribution < -0.4 is 14.4 Å². The summed E-state index contributed by atoms with van der Waals surface area (Å²) in [5, 5.41) is 0.493. The van der Waals surface area contributed by atoms with Crippen LogP contribution in [0.15, 0.2) is 42.5 Å². The largest absolute Gasteiger partial charge is 0.454 e. The van der Waals surface area contributed by atoms with E-state index in [1.807, 2.05) is 24.3 Å². The number of carbonyl (C=O) groups excluding carboxylic acids is 1. The highest BCUT2D eigenvalue weighted by Gasteiger charge is 2.20. The van der Waals surface area contributed by atoms with Crippen molar-refractivity contribution in [2.75, 3.05) is 37.9 Å². The lowest BCUT2D eigenvalue weighted by Gasteiger charge is -2.23. The monoisotopic (exact) mass is 477 g/mol. The first-order valence-electron chi connectivity index (χ1n) is 10.3. The number of carbonyl (C=O) groups is 1. The van der Waals surface area contributed by atoms with E-state index in [9.17, 15) is 9.18 Å². The third-order valence-electron chi connectivity index (χ3n) is 5.20. The Kier molecular flexibility index (Phi) is 8.06. The van der Waals surface area contributed by atoms with Crippen molar-refractivity contribution in [3.8, 4) is 11.5 Å². The smallest absolute Gasteiger partial charge is 0.252 e. The molecule has 0 spiro atoms. The fourth-order valence-electron chi connectivity index (χ4n) is 3.37. The first-order chi connectivity index (χ1) is 15.1. The number of fused-ring (bicyclic) bond motifs is 2. The van der Waals surface area contributed by atoms with E-state index in [1.165, 1.54) is 23.5 Å². The van der Waals surface area contributed by atoms with E-state index in [0.717, 1.165) is 23.4 Å². The molecule has 1 aromatic heterocycles. The molecule has 0 saturated heterocycles. The fourth-order valence-corrected chi connectivity index (χ4v) is 4.39. The van der Waals surface area contributed by atoms with Crippen LogP contribution in [0, 0.1) is 5.82 Å². The van der Waals surface area contributed by atoms with Gasteiger partial charge in [-0.1, -0.05) is 37.3 Å². The molecule has 3 aromatic rings. The summed E-state index contributed by atoms with van der Waals surface area (Å²) < 4.78 is 25.6. The molecule has 6 nitrogen and oxygen atoms in total. The van der Waals surface area contributed by atoms with Crippen LogP contribution in [0.1, 0.15) is 19.4 Å². The first-order valence-corrected chi connectivity index (χ1v) is 11.1. The fraction of sp³-hybridized carbons (Fsp3) is 0.304. The molecular formula is C23H25ClFN3O3S. The van der Waals surface area contributed by atoms with Gasteiger partial charge in [0.25, 0.3) is 5.91 Å². The van der Waals surface area contributed by atoms with Gasteiger partial charge in [0.05, 0.1) is 4.70 Å². The SMILES string of the molecule is CCN(CC)CCN(C(=O)C=Cc1ccc2c(c1)OCO2)c1nc2c(F)cccc2s1.Cl. The van der Waals surface area contributed by atoms with Gasteiger partial charge >= 0.3 is 0 Å². The van der Waals surface area contributed by atoms with Crippen LogP contribution in [-0.2, 0) is 4.79 Å². The minimum atomic E-state index is -0.382. The average molecular weight is 478 g/mol. The highest BCUT2D eigenvalue weighted by atomic mass is 35.5. The Morgan fingerprint density at radius 1 is 1.16 bits per heavy atom. The molecule has 0 atom stereocenters. The van der Waals surface area contributed by atoms with Crippen molar-refractivity contribution in [3.63, 3.8) is 0 Å². The van der Waals surface area contributed by atoms with Gasteiger partial charge in [-0.2, -0.15) is 0 Å². The molecule has 32 heavy (non-hydrogen) atoms. The van der Waals surface area contributed by atoms with Gasteiger partial charge in [-0.15, -0.1) is 12.4 Å².